The molecule has 0 aliphatic carbocycles. The zero-order valence-corrected chi connectivity index (χ0v) is 11.3. The molecule has 0 unspecified atom stereocenters. The quantitative estimate of drug-likeness (QED) is 0.831. The molecule has 0 atom stereocenters. The summed E-state index contributed by atoms with van der Waals surface area (Å²) in [6.45, 7) is 7.82. The van der Waals surface area contributed by atoms with Gasteiger partial charge >= 0.3 is 0 Å². The molecule has 2 N–H and O–H groups in total. The van der Waals surface area contributed by atoms with Gasteiger partial charge < -0.3 is 10.6 Å². The molecule has 5 heteroatoms. The molecule has 0 amide bonds. The molecule has 0 fully saturated rings. The summed E-state index contributed by atoms with van der Waals surface area (Å²) in [5, 5.41) is 8.72. The Morgan fingerprint density at radius 1 is 1.44 bits per heavy atom. The average Bonchev–Trinajstić information content (AvgIpc) is 2.33. The van der Waals surface area contributed by atoms with Crippen LogP contribution in [0.15, 0.2) is 6.07 Å². The third kappa shape index (κ3) is 4.21. The summed E-state index contributed by atoms with van der Waals surface area (Å²) < 4.78 is 0. The van der Waals surface area contributed by atoms with Crippen molar-refractivity contribution >= 4 is 11.6 Å². The van der Waals surface area contributed by atoms with Crippen molar-refractivity contribution in [3.05, 3.63) is 11.9 Å². The van der Waals surface area contributed by atoms with Gasteiger partial charge in [-0.25, -0.2) is 9.97 Å². The van der Waals surface area contributed by atoms with Crippen LogP contribution in [0.1, 0.15) is 33.0 Å². The minimum atomic E-state index is 0.484. The molecule has 1 heterocycles. The van der Waals surface area contributed by atoms with Crippen LogP contribution in [0.5, 0.6) is 0 Å². The fourth-order valence-electron chi connectivity index (χ4n) is 1.75. The zero-order chi connectivity index (χ0) is 13.5. The van der Waals surface area contributed by atoms with E-state index in [1.54, 1.807) is 6.07 Å². The van der Waals surface area contributed by atoms with Crippen molar-refractivity contribution in [3.63, 3.8) is 0 Å². The van der Waals surface area contributed by atoms with Gasteiger partial charge in [-0.05, 0) is 5.92 Å². The molecule has 98 valence electrons. The van der Waals surface area contributed by atoms with E-state index in [2.05, 4.69) is 34.8 Å². The van der Waals surface area contributed by atoms with E-state index in [0.29, 0.717) is 24.7 Å². The number of nitrogen functional groups attached to an aromatic ring is 1. The van der Waals surface area contributed by atoms with E-state index < -0.39 is 0 Å². The van der Waals surface area contributed by atoms with E-state index in [4.69, 9.17) is 11.0 Å². The van der Waals surface area contributed by atoms with Crippen LogP contribution in [0.25, 0.3) is 0 Å². The Morgan fingerprint density at radius 2 is 2.17 bits per heavy atom. The first-order chi connectivity index (χ1) is 8.56. The Balaban J connectivity index is 2.96. The van der Waals surface area contributed by atoms with Crippen LogP contribution >= 0.6 is 0 Å². The molecule has 0 aliphatic heterocycles. The van der Waals surface area contributed by atoms with Crippen LogP contribution in [0.4, 0.5) is 11.6 Å². The molecule has 1 aromatic heterocycles. The molecular weight excluding hydrogens is 226 g/mol. The maximum absolute atomic E-state index is 8.72. The summed E-state index contributed by atoms with van der Waals surface area (Å²) in [4.78, 5) is 10.8. The topological polar surface area (TPSA) is 78.8 Å². The maximum Gasteiger partial charge on any atom is 0.134 e. The molecule has 0 radical (unpaired) electrons. The first-order valence-corrected chi connectivity index (χ1v) is 6.32. The van der Waals surface area contributed by atoms with E-state index in [0.717, 1.165) is 24.6 Å². The second-order valence-corrected chi connectivity index (χ2v) is 4.67. The van der Waals surface area contributed by atoms with Crippen LogP contribution < -0.4 is 10.6 Å². The third-order valence-electron chi connectivity index (χ3n) is 2.50. The molecule has 18 heavy (non-hydrogen) atoms. The molecule has 0 spiro atoms. The van der Waals surface area contributed by atoms with E-state index in [1.165, 1.54) is 0 Å². The molecule has 1 rings (SSSR count). The minimum absolute atomic E-state index is 0.484. The number of aryl methyl sites for hydroxylation is 1. The van der Waals surface area contributed by atoms with Gasteiger partial charge in [0.2, 0.25) is 0 Å². The summed E-state index contributed by atoms with van der Waals surface area (Å²) in [5.74, 6) is 2.56. The van der Waals surface area contributed by atoms with Gasteiger partial charge in [0.15, 0.2) is 0 Å². The van der Waals surface area contributed by atoms with Crippen LogP contribution in [-0.4, -0.2) is 23.1 Å². The fraction of sp³-hybridized carbons (Fsp3) is 0.615. The number of hydrogen-bond acceptors (Lipinski definition) is 5. The lowest BCUT2D eigenvalue weighted by molar-refractivity contribution is 0.606. The molecule has 0 aliphatic rings. The smallest absolute Gasteiger partial charge is 0.134 e. The van der Waals surface area contributed by atoms with Crippen LogP contribution in [0.3, 0.4) is 0 Å². The molecule has 0 bridgehead atoms. The Morgan fingerprint density at radius 3 is 2.72 bits per heavy atom. The number of anilines is 2. The predicted octanol–water partition coefficient (Wildman–Crippen LogP) is 2.00. The Labute approximate surface area is 109 Å². The highest BCUT2D eigenvalue weighted by Gasteiger charge is 2.11. The van der Waals surface area contributed by atoms with Gasteiger partial charge in [-0.3, -0.25) is 0 Å². The van der Waals surface area contributed by atoms with E-state index in [-0.39, 0.29) is 0 Å². The molecule has 0 saturated carbocycles. The van der Waals surface area contributed by atoms with Crippen LogP contribution in [-0.2, 0) is 6.42 Å². The van der Waals surface area contributed by atoms with Crippen LogP contribution in [0, 0.1) is 17.2 Å². The second-order valence-electron chi connectivity index (χ2n) is 4.67. The van der Waals surface area contributed by atoms with Gasteiger partial charge in [-0.2, -0.15) is 5.26 Å². The molecule has 0 aromatic carbocycles. The van der Waals surface area contributed by atoms with Crippen molar-refractivity contribution in [2.45, 2.75) is 33.6 Å². The lowest BCUT2D eigenvalue weighted by atomic mass is 10.2. The van der Waals surface area contributed by atoms with Gasteiger partial charge in [-0.1, -0.05) is 20.8 Å². The standard InChI is InChI=1S/C13H21N5/c1-4-12-16-11(15)8-13(17-12)18(7-5-6-14)9-10(2)3/h8,10H,4-5,7,9H2,1-3H3,(H2,15,16,17). The predicted molar refractivity (Wildman–Crippen MR) is 73.1 cm³/mol. The van der Waals surface area contributed by atoms with Gasteiger partial charge in [0, 0.05) is 25.6 Å². The van der Waals surface area contributed by atoms with Crippen molar-refractivity contribution in [1.82, 2.24) is 9.97 Å². The number of rotatable bonds is 6. The Hall–Kier alpha value is -1.83. The Kier molecular flexibility index (Phi) is 5.37. The highest BCUT2D eigenvalue weighted by Crippen LogP contribution is 2.16. The lowest BCUT2D eigenvalue weighted by Crippen LogP contribution is -2.29. The number of nitrogens with zero attached hydrogens (tertiary/aromatic N) is 4. The summed E-state index contributed by atoms with van der Waals surface area (Å²) in [7, 11) is 0. The van der Waals surface area contributed by atoms with Crippen LogP contribution in [0.2, 0.25) is 0 Å². The van der Waals surface area contributed by atoms with Gasteiger partial charge in [0.25, 0.3) is 0 Å². The van der Waals surface area contributed by atoms with Gasteiger partial charge in [-0.15, -0.1) is 0 Å². The highest BCUT2D eigenvalue weighted by atomic mass is 15.2. The normalized spacial score (nSPS) is 10.4. The first-order valence-electron chi connectivity index (χ1n) is 6.32. The van der Waals surface area contributed by atoms with Gasteiger partial charge in [0.1, 0.15) is 17.5 Å². The van der Waals surface area contributed by atoms with E-state index in [1.807, 2.05) is 6.92 Å². The fourth-order valence-corrected chi connectivity index (χ4v) is 1.75. The SMILES string of the molecule is CCc1nc(N)cc(N(CCC#N)CC(C)C)n1. The first kappa shape index (κ1) is 14.2. The highest BCUT2D eigenvalue weighted by molar-refractivity contribution is 5.47. The van der Waals surface area contributed by atoms with Crippen molar-refractivity contribution < 1.29 is 0 Å². The van der Waals surface area contributed by atoms with Crippen molar-refractivity contribution in [2.24, 2.45) is 5.92 Å². The summed E-state index contributed by atoms with van der Waals surface area (Å²) in [5.41, 5.74) is 5.79. The Bertz CT molecular complexity index is 422. The van der Waals surface area contributed by atoms with Crippen molar-refractivity contribution in [3.8, 4) is 6.07 Å². The molecule has 1 aromatic rings. The molecular formula is C13H21N5. The third-order valence-corrected chi connectivity index (χ3v) is 2.50. The average molecular weight is 247 g/mol. The number of nitriles is 1. The summed E-state index contributed by atoms with van der Waals surface area (Å²) in [6, 6.07) is 3.94. The lowest BCUT2D eigenvalue weighted by Gasteiger charge is -2.25. The van der Waals surface area contributed by atoms with Gasteiger partial charge in [0.05, 0.1) is 12.5 Å². The largest absolute Gasteiger partial charge is 0.384 e. The minimum Gasteiger partial charge on any atom is -0.384 e. The van der Waals surface area contributed by atoms with Crippen molar-refractivity contribution in [2.75, 3.05) is 23.7 Å². The second kappa shape index (κ2) is 6.80. The molecule has 5 nitrogen and oxygen atoms in total. The van der Waals surface area contributed by atoms with Crippen molar-refractivity contribution in [1.29, 1.82) is 5.26 Å². The zero-order valence-electron chi connectivity index (χ0n) is 11.3. The van der Waals surface area contributed by atoms with E-state index in [9.17, 15) is 0 Å². The van der Waals surface area contributed by atoms with E-state index >= 15 is 0 Å². The molecule has 0 saturated heterocycles. The number of aromatic nitrogens is 2. The number of hydrogen-bond donors (Lipinski definition) is 1. The summed E-state index contributed by atoms with van der Waals surface area (Å²) in [6.07, 6.45) is 1.24. The monoisotopic (exact) mass is 247 g/mol. The maximum atomic E-state index is 8.72. The summed E-state index contributed by atoms with van der Waals surface area (Å²) >= 11 is 0. The number of nitrogens with two attached hydrogens (primary N) is 1.